The lowest BCUT2D eigenvalue weighted by atomic mass is 9.85. The van der Waals surface area contributed by atoms with E-state index in [2.05, 4.69) is 26.0 Å². The van der Waals surface area contributed by atoms with Gasteiger partial charge in [0.1, 0.15) is 0 Å². The van der Waals surface area contributed by atoms with Crippen molar-refractivity contribution in [2.24, 2.45) is 5.73 Å². The van der Waals surface area contributed by atoms with Gasteiger partial charge in [0.15, 0.2) is 0 Å². The van der Waals surface area contributed by atoms with Crippen molar-refractivity contribution < 1.29 is 0 Å². The van der Waals surface area contributed by atoms with E-state index >= 15 is 0 Å². The Hall–Kier alpha value is -0.180. The molecule has 0 radical (unpaired) electrons. The summed E-state index contributed by atoms with van der Waals surface area (Å²) in [6.45, 7) is 4.87. The van der Waals surface area contributed by atoms with E-state index in [1.165, 1.54) is 5.56 Å². The Morgan fingerprint density at radius 2 is 2.07 bits per heavy atom. The summed E-state index contributed by atoms with van der Waals surface area (Å²) >= 11 is 7.79. The first kappa shape index (κ1) is 11.9. The first-order chi connectivity index (χ1) is 6.51. The highest BCUT2D eigenvalue weighted by atomic mass is 35.5. The van der Waals surface area contributed by atoms with Crippen LogP contribution < -0.4 is 5.73 Å². The van der Waals surface area contributed by atoms with Gasteiger partial charge in [0.25, 0.3) is 0 Å². The van der Waals surface area contributed by atoms with E-state index in [4.69, 9.17) is 17.3 Å². The SMILES string of the molecule is CSc1ccc(C(C)(C)CN)cc1Cl. The zero-order chi connectivity index (χ0) is 10.8. The average Bonchev–Trinajstić information content (AvgIpc) is 2.17. The number of hydrogen-bond acceptors (Lipinski definition) is 2. The summed E-state index contributed by atoms with van der Waals surface area (Å²) in [6, 6.07) is 6.17. The number of rotatable bonds is 3. The molecule has 0 aliphatic carbocycles. The molecule has 1 aromatic carbocycles. The van der Waals surface area contributed by atoms with Crippen LogP contribution in [0.2, 0.25) is 5.02 Å². The Morgan fingerprint density at radius 3 is 2.50 bits per heavy atom. The molecular weight excluding hydrogens is 214 g/mol. The van der Waals surface area contributed by atoms with Crippen LogP contribution in [-0.4, -0.2) is 12.8 Å². The van der Waals surface area contributed by atoms with Gasteiger partial charge < -0.3 is 5.73 Å². The minimum Gasteiger partial charge on any atom is -0.330 e. The molecule has 0 atom stereocenters. The highest BCUT2D eigenvalue weighted by Gasteiger charge is 2.19. The molecule has 0 saturated carbocycles. The molecule has 3 heteroatoms. The highest BCUT2D eigenvalue weighted by Crippen LogP contribution is 2.30. The molecule has 0 fully saturated rings. The molecule has 1 nitrogen and oxygen atoms in total. The van der Waals surface area contributed by atoms with E-state index in [0.29, 0.717) is 6.54 Å². The molecule has 1 aromatic rings. The lowest BCUT2D eigenvalue weighted by molar-refractivity contribution is 0.539. The molecular formula is C11H16ClNS. The van der Waals surface area contributed by atoms with Gasteiger partial charge in [0, 0.05) is 16.9 Å². The molecule has 78 valence electrons. The summed E-state index contributed by atoms with van der Waals surface area (Å²) in [4.78, 5) is 1.11. The van der Waals surface area contributed by atoms with E-state index in [-0.39, 0.29) is 5.41 Å². The van der Waals surface area contributed by atoms with E-state index in [9.17, 15) is 0 Å². The summed E-state index contributed by atoms with van der Waals surface area (Å²) in [5, 5.41) is 0.816. The second kappa shape index (κ2) is 4.56. The van der Waals surface area contributed by atoms with Crippen LogP contribution >= 0.6 is 23.4 Å². The van der Waals surface area contributed by atoms with Crippen LogP contribution in [0.1, 0.15) is 19.4 Å². The van der Waals surface area contributed by atoms with Crippen molar-refractivity contribution in [3.63, 3.8) is 0 Å². The van der Waals surface area contributed by atoms with Crippen LogP contribution in [-0.2, 0) is 5.41 Å². The smallest absolute Gasteiger partial charge is 0.0544 e. The molecule has 2 N–H and O–H groups in total. The lowest BCUT2D eigenvalue weighted by Crippen LogP contribution is -2.27. The maximum atomic E-state index is 6.13. The molecule has 0 aliphatic rings. The van der Waals surface area contributed by atoms with Gasteiger partial charge in [-0.05, 0) is 24.0 Å². The molecule has 0 unspecified atom stereocenters. The van der Waals surface area contributed by atoms with Crippen molar-refractivity contribution in [2.45, 2.75) is 24.2 Å². The molecule has 0 amide bonds. The van der Waals surface area contributed by atoms with E-state index < -0.39 is 0 Å². The minimum absolute atomic E-state index is 0.000574. The molecule has 0 aromatic heterocycles. The van der Waals surface area contributed by atoms with Crippen molar-refractivity contribution in [3.8, 4) is 0 Å². The molecule has 0 bridgehead atoms. The highest BCUT2D eigenvalue weighted by molar-refractivity contribution is 7.98. The zero-order valence-corrected chi connectivity index (χ0v) is 10.4. The van der Waals surface area contributed by atoms with E-state index in [0.717, 1.165) is 9.92 Å². The molecule has 0 heterocycles. The van der Waals surface area contributed by atoms with Crippen molar-refractivity contribution in [3.05, 3.63) is 28.8 Å². The average molecular weight is 230 g/mol. The third kappa shape index (κ3) is 2.44. The fraction of sp³-hybridized carbons (Fsp3) is 0.455. The van der Waals surface area contributed by atoms with Gasteiger partial charge in [-0.2, -0.15) is 0 Å². The standard InChI is InChI=1S/C11H16ClNS/c1-11(2,7-13)8-4-5-10(14-3)9(12)6-8/h4-6H,7,13H2,1-3H3. The number of thioether (sulfide) groups is 1. The largest absolute Gasteiger partial charge is 0.330 e. The predicted octanol–water partition coefficient (Wildman–Crippen LogP) is 3.30. The Kier molecular flexibility index (Phi) is 3.87. The number of benzene rings is 1. The monoisotopic (exact) mass is 229 g/mol. The number of nitrogens with two attached hydrogens (primary N) is 1. The summed E-state index contributed by atoms with van der Waals surface area (Å²) < 4.78 is 0. The maximum absolute atomic E-state index is 6.13. The van der Waals surface area contributed by atoms with Gasteiger partial charge >= 0.3 is 0 Å². The van der Waals surface area contributed by atoms with Crippen LogP contribution in [0.15, 0.2) is 23.1 Å². The minimum atomic E-state index is 0.000574. The predicted molar refractivity (Wildman–Crippen MR) is 65.3 cm³/mol. The fourth-order valence-electron chi connectivity index (χ4n) is 1.21. The topological polar surface area (TPSA) is 26.0 Å². The van der Waals surface area contributed by atoms with Crippen molar-refractivity contribution in [2.75, 3.05) is 12.8 Å². The normalized spacial score (nSPS) is 11.8. The summed E-state index contributed by atoms with van der Waals surface area (Å²) in [5.41, 5.74) is 6.91. The summed E-state index contributed by atoms with van der Waals surface area (Å²) in [6.07, 6.45) is 2.02. The van der Waals surface area contributed by atoms with Gasteiger partial charge in [0.2, 0.25) is 0 Å². The molecule has 14 heavy (non-hydrogen) atoms. The van der Waals surface area contributed by atoms with Crippen LogP contribution in [0.25, 0.3) is 0 Å². The number of halogens is 1. The zero-order valence-electron chi connectivity index (χ0n) is 8.80. The second-order valence-corrected chi connectivity index (χ2v) is 5.19. The Morgan fingerprint density at radius 1 is 1.43 bits per heavy atom. The van der Waals surface area contributed by atoms with Gasteiger partial charge in [-0.3, -0.25) is 0 Å². The Labute approximate surface area is 95.0 Å². The number of hydrogen-bond donors (Lipinski definition) is 1. The Bertz CT molecular complexity index is 323. The molecule has 0 spiro atoms. The fourth-order valence-corrected chi connectivity index (χ4v) is 2.08. The van der Waals surface area contributed by atoms with Crippen molar-refractivity contribution in [1.82, 2.24) is 0 Å². The van der Waals surface area contributed by atoms with Crippen LogP contribution in [0, 0.1) is 0 Å². The summed E-state index contributed by atoms with van der Waals surface area (Å²) in [5.74, 6) is 0. The lowest BCUT2D eigenvalue weighted by Gasteiger charge is -2.23. The van der Waals surface area contributed by atoms with Crippen LogP contribution in [0.4, 0.5) is 0 Å². The third-order valence-corrected chi connectivity index (χ3v) is 3.66. The quantitative estimate of drug-likeness (QED) is 0.805. The van der Waals surface area contributed by atoms with Gasteiger partial charge in [-0.1, -0.05) is 31.5 Å². The third-order valence-electron chi connectivity index (χ3n) is 2.44. The molecule has 0 saturated heterocycles. The Balaban J connectivity index is 3.08. The van der Waals surface area contributed by atoms with Crippen molar-refractivity contribution in [1.29, 1.82) is 0 Å². The van der Waals surface area contributed by atoms with Crippen molar-refractivity contribution >= 4 is 23.4 Å². The first-order valence-electron chi connectivity index (χ1n) is 4.55. The first-order valence-corrected chi connectivity index (χ1v) is 6.15. The second-order valence-electron chi connectivity index (χ2n) is 3.94. The molecule has 0 aliphatic heterocycles. The van der Waals surface area contributed by atoms with E-state index in [1.54, 1.807) is 11.8 Å². The van der Waals surface area contributed by atoms with Gasteiger partial charge in [-0.15, -0.1) is 11.8 Å². The van der Waals surface area contributed by atoms with Crippen LogP contribution in [0.5, 0.6) is 0 Å². The summed E-state index contributed by atoms with van der Waals surface area (Å²) in [7, 11) is 0. The van der Waals surface area contributed by atoms with Gasteiger partial charge in [0.05, 0.1) is 5.02 Å². The van der Waals surface area contributed by atoms with Gasteiger partial charge in [-0.25, -0.2) is 0 Å². The maximum Gasteiger partial charge on any atom is 0.0544 e. The van der Waals surface area contributed by atoms with Crippen LogP contribution in [0.3, 0.4) is 0 Å². The molecule has 1 rings (SSSR count). The van der Waals surface area contributed by atoms with E-state index in [1.807, 2.05) is 12.3 Å².